The molecule has 0 spiro atoms. The van der Waals surface area contributed by atoms with E-state index in [1.54, 1.807) is 0 Å². The van der Waals surface area contributed by atoms with Crippen LogP contribution in [0.1, 0.15) is 6.42 Å². The van der Waals surface area contributed by atoms with E-state index in [1.165, 1.54) is 12.1 Å². The summed E-state index contributed by atoms with van der Waals surface area (Å²) in [6, 6.07) is 3.55. The number of carboxylic acids is 1. The Balaban J connectivity index is 2.50. The second kappa shape index (κ2) is 4.76. The SMILES string of the molecule is Nc1ccc(S(=O)(=O)O)c(N2CC(C(=O)O)CC2=O)c1. The zero-order chi connectivity index (χ0) is 15.1. The van der Waals surface area contributed by atoms with E-state index in [4.69, 9.17) is 15.4 Å². The number of carbonyl (C=O) groups excluding carboxylic acids is 1. The number of aliphatic carboxylic acids is 1. The van der Waals surface area contributed by atoms with Gasteiger partial charge in [0.15, 0.2) is 0 Å². The van der Waals surface area contributed by atoms with Gasteiger partial charge in [0.2, 0.25) is 5.91 Å². The number of benzene rings is 1. The third-order valence-corrected chi connectivity index (χ3v) is 3.93. The van der Waals surface area contributed by atoms with Crippen LogP contribution in [0.2, 0.25) is 0 Å². The van der Waals surface area contributed by atoms with E-state index in [-0.39, 0.29) is 24.3 Å². The van der Waals surface area contributed by atoms with Crippen LogP contribution in [0.5, 0.6) is 0 Å². The van der Waals surface area contributed by atoms with Gasteiger partial charge in [-0.05, 0) is 18.2 Å². The molecule has 108 valence electrons. The first-order valence-corrected chi connectivity index (χ1v) is 7.04. The Bertz CT molecular complexity index is 684. The van der Waals surface area contributed by atoms with E-state index < -0.39 is 32.8 Å². The van der Waals surface area contributed by atoms with Crippen LogP contribution in [-0.4, -0.2) is 36.5 Å². The maximum Gasteiger partial charge on any atom is 0.308 e. The molecule has 4 N–H and O–H groups in total. The van der Waals surface area contributed by atoms with Gasteiger partial charge in [0.1, 0.15) is 4.90 Å². The van der Waals surface area contributed by atoms with Crippen molar-refractivity contribution < 1.29 is 27.7 Å². The fourth-order valence-corrected chi connectivity index (χ4v) is 2.74. The third kappa shape index (κ3) is 2.58. The van der Waals surface area contributed by atoms with Crippen molar-refractivity contribution in [3.05, 3.63) is 18.2 Å². The molecule has 1 amide bonds. The summed E-state index contributed by atoms with van der Waals surface area (Å²) >= 11 is 0. The molecule has 1 unspecified atom stereocenters. The normalized spacial score (nSPS) is 19.4. The maximum atomic E-state index is 11.8. The van der Waals surface area contributed by atoms with Crippen molar-refractivity contribution in [2.75, 3.05) is 17.2 Å². The van der Waals surface area contributed by atoms with E-state index in [0.717, 1.165) is 11.0 Å². The number of nitrogen functional groups attached to an aromatic ring is 1. The number of nitrogens with zero attached hydrogens (tertiary/aromatic N) is 1. The van der Waals surface area contributed by atoms with Crippen molar-refractivity contribution in [1.29, 1.82) is 0 Å². The lowest BCUT2D eigenvalue weighted by molar-refractivity contribution is -0.141. The molecule has 1 aromatic carbocycles. The second-order valence-corrected chi connectivity index (χ2v) is 5.84. The fourth-order valence-electron chi connectivity index (χ4n) is 2.07. The first-order chi connectivity index (χ1) is 9.20. The van der Waals surface area contributed by atoms with E-state index in [0.29, 0.717) is 0 Å². The maximum absolute atomic E-state index is 11.8. The Labute approximate surface area is 114 Å². The lowest BCUT2D eigenvalue weighted by Gasteiger charge is -2.19. The van der Waals surface area contributed by atoms with Gasteiger partial charge in [0, 0.05) is 18.7 Å². The summed E-state index contributed by atoms with van der Waals surface area (Å²) in [7, 11) is -4.55. The van der Waals surface area contributed by atoms with Crippen LogP contribution in [0.25, 0.3) is 0 Å². The highest BCUT2D eigenvalue weighted by atomic mass is 32.2. The molecule has 0 aliphatic carbocycles. The minimum Gasteiger partial charge on any atom is -0.481 e. The molecule has 0 bridgehead atoms. The minimum absolute atomic E-state index is 0.110. The quantitative estimate of drug-likeness (QED) is 0.525. The molecule has 0 aromatic heterocycles. The molecular weight excluding hydrogens is 288 g/mol. The first kappa shape index (κ1) is 14.3. The molecule has 20 heavy (non-hydrogen) atoms. The molecule has 1 atom stereocenters. The fraction of sp³-hybridized carbons (Fsp3) is 0.273. The smallest absolute Gasteiger partial charge is 0.308 e. The van der Waals surface area contributed by atoms with Crippen LogP contribution < -0.4 is 10.6 Å². The van der Waals surface area contributed by atoms with Gasteiger partial charge in [-0.2, -0.15) is 8.42 Å². The van der Waals surface area contributed by atoms with E-state index >= 15 is 0 Å². The number of hydrogen-bond donors (Lipinski definition) is 3. The van der Waals surface area contributed by atoms with Gasteiger partial charge in [-0.15, -0.1) is 0 Å². The topological polar surface area (TPSA) is 138 Å². The van der Waals surface area contributed by atoms with Gasteiger partial charge in [-0.25, -0.2) is 0 Å². The Kier molecular flexibility index (Phi) is 3.40. The Hall–Kier alpha value is -2.13. The summed E-state index contributed by atoms with van der Waals surface area (Å²) < 4.78 is 31.8. The summed E-state index contributed by atoms with van der Waals surface area (Å²) in [5.41, 5.74) is 5.63. The number of nitrogens with two attached hydrogens (primary N) is 1. The molecule has 0 saturated carbocycles. The Morgan fingerprint density at radius 3 is 2.55 bits per heavy atom. The molecule has 0 radical (unpaired) electrons. The first-order valence-electron chi connectivity index (χ1n) is 5.60. The summed E-state index contributed by atoms with van der Waals surface area (Å²) in [4.78, 5) is 23.3. The zero-order valence-electron chi connectivity index (χ0n) is 10.2. The largest absolute Gasteiger partial charge is 0.481 e. The second-order valence-electron chi connectivity index (χ2n) is 4.45. The molecule has 1 aliphatic heterocycles. The van der Waals surface area contributed by atoms with Crippen molar-refractivity contribution in [2.24, 2.45) is 5.92 Å². The van der Waals surface area contributed by atoms with E-state index in [9.17, 15) is 18.0 Å². The van der Waals surface area contributed by atoms with Crippen LogP contribution in [0, 0.1) is 5.92 Å². The summed E-state index contributed by atoms with van der Waals surface area (Å²) in [6.45, 7) is -0.167. The van der Waals surface area contributed by atoms with Crippen molar-refractivity contribution in [3.63, 3.8) is 0 Å². The van der Waals surface area contributed by atoms with Crippen LogP contribution in [0.3, 0.4) is 0 Å². The molecule has 8 nitrogen and oxygen atoms in total. The van der Waals surface area contributed by atoms with E-state index in [1.807, 2.05) is 0 Å². The minimum atomic E-state index is -4.55. The van der Waals surface area contributed by atoms with Crippen molar-refractivity contribution in [3.8, 4) is 0 Å². The molecule has 1 aliphatic rings. The number of hydrogen-bond acceptors (Lipinski definition) is 5. The lowest BCUT2D eigenvalue weighted by Crippen LogP contribution is -2.27. The van der Waals surface area contributed by atoms with Gasteiger partial charge in [-0.3, -0.25) is 14.1 Å². The summed E-state index contributed by atoms with van der Waals surface area (Å²) in [5.74, 6) is -2.59. The summed E-state index contributed by atoms with van der Waals surface area (Å²) in [6.07, 6.45) is -0.227. The van der Waals surface area contributed by atoms with Crippen LogP contribution >= 0.6 is 0 Å². The Morgan fingerprint density at radius 1 is 1.40 bits per heavy atom. The van der Waals surface area contributed by atoms with Gasteiger partial charge >= 0.3 is 5.97 Å². The molecule has 2 rings (SSSR count). The number of rotatable bonds is 3. The average molecular weight is 300 g/mol. The molecule has 1 heterocycles. The summed E-state index contributed by atoms with van der Waals surface area (Å²) in [5, 5.41) is 8.91. The highest BCUT2D eigenvalue weighted by molar-refractivity contribution is 7.86. The number of carbonyl (C=O) groups is 2. The highest BCUT2D eigenvalue weighted by Crippen LogP contribution is 2.32. The molecule has 1 fully saturated rings. The molecule has 1 saturated heterocycles. The van der Waals surface area contributed by atoms with E-state index in [2.05, 4.69) is 0 Å². The number of anilines is 2. The Morgan fingerprint density at radius 2 is 2.05 bits per heavy atom. The van der Waals surface area contributed by atoms with Crippen molar-refractivity contribution >= 4 is 33.4 Å². The third-order valence-electron chi connectivity index (χ3n) is 3.03. The van der Waals surface area contributed by atoms with Crippen LogP contribution in [0.15, 0.2) is 23.1 Å². The molecule has 9 heteroatoms. The van der Waals surface area contributed by atoms with Crippen molar-refractivity contribution in [1.82, 2.24) is 0 Å². The predicted octanol–water partition coefficient (Wildman–Crippen LogP) is -0.0470. The van der Waals surface area contributed by atoms with Crippen LogP contribution in [-0.2, 0) is 19.7 Å². The number of carboxylic acid groups (broad SMARTS) is 1. The van der Waals surface area contributed by atoms with Gasteiger partial charge in [0.25, 0.3) is 10.1 Å². The van der Waals surface area contributed by atoms with Gasteiger partial charge in [-0.1, -0.05) is 0 Å². The van der Waals surface area contributed by atoms with Crippen LogP contribution in [0.4, 0.5) is 11.4 Å². The zero-order valence-corrected chi connectivity index (χ0v) is 11.0. The monoisotopic (exact) mass is 300 g/mol. The number of amides is 1. The molecular formula is C11H12N2O6S. The molecule has 1 aromatic rings. The predicted molar refractivity (Wildman–Crippen MR) is 68.8 cm³/mol. The average Bonchev–Trinajstić information content (AvgIpc) is 2.69. The van der Waals surface area contributed by atoms with Gasteiger partial charge < -0.3 is 15.7 Å². The standard InChI is InChI=1S/C11H12N2O6S/c12-7-1-2-9(20(17,18)19)8(4-7)13-5-6(11(15)16)3-10(13)14/h1-2,4,6H,3,5,12H2,(H,15,16)(H,17,18,19). The highest BCUT2D eigenvalue weighted by Gasteiger charge is 2.37. The van der Waals surface area contributed by atoms with Crippen molar-refractivity contribution in [2.45, 2.75) is 11.3 Å². The van der Waals surface area contributed by atoms with Gasteiger partial charge in [0.05, 0.1) is 11.6 Å². The lowest BCUT2D eigenvalue weighted by atomic mass is 10.1.